The van der Waals surface area contributed by atoms with E-state index in [0.29, 0.717) is 0 Å². The molecule has 0 N–H and O–H groups in total. The summed E-state index contributed by atoms with van der Waals surface area (Å²) in [6.07, 6.45) is 14.6. The number of esters is 1. The highest BCUT2D eigenvalue weighted by atomic mass is 79.9. The smallest absolute Gasteiger partial charge is 0.334 e. The van der Waals surface area contributed by atoms with Crippen LogP contribution in [-0.4, -0.2) is 37.3 Å². The van der Waals surface area contributed by atoms with Gasteiger partial charge in [-0.3, -0.25) is 4.48 Å². The van der Waals surface area contributed by atoms with Crippen molar-refractivity contribution in [2.75, 3.05) is 20.6 Å². The predicted octanol–water partition coefficient (Wildman–Crippen LogP) is 2.06. The summed E-state index contributed by atoms with van der Waals surface area (Å²) in [5.74, 6) is -0.332. The molecule has 4 heteroatoms. The first kappa shape index (κ1) is 24.9. The van der Waals surface area contributed by atoms with Crippen LogP contribution in [0.15, 0.2) is 12.7 Å². The van der Waals surface area contributed by atoms with Gasteiger partial charge in [0.2, 0.25) is 6.23 Å². The fraction of sp³-hybridized carbons (Fsp3) is 0.842. The monoisotopic (exact) mass is 391 g/mol. The van der Waals surface area contributed by atoms with Crippen LogP contribution in [0, 0.1) is 0 Å². The molecule has 0 fully saturated rings. The third-order valence-electron chi connectivity index (χ3n) is 4.53. The van der Waals surface area contributed by atoms with E-state index in [2.05, 4.69) is 27.6 Å². The van der Waals surface area contributed by atoms with Crippen molar-refractivity contribution < 1.29 is 31.0 Å². The van der Waals surface area contributed by atoms with Crippen LogP contribution in [0.2, 0.25) is 0 Å². The summed E-state index contributed by atoms with van der Waals surface area (Å²) in [6.45, 7) is 8.70. The highest BCUT2D eigenvalue weighted by molar-refractivity contribution is 5.81. The average Bonchev–Trinajstić information content (AvgIpc) is 2.48. The third kappa shape index (κ3) is 13.8. The molecule has 138 valence electrons. The zero-order valence-corrected chi connectivity index (χ0v) is 17.4. The molecule has 0 radical (unpaired) electrons. The maximum atomic E-state index is 11.3. The van der Waals surface area contributed by atoms with Crippen molar-refractivity contribution in [2.24, 2.45) is 0 Å². The molecular weight excluding hydrogens is 354 g/mol. The lowest BCUT2D eigenvalue weighted by molar-refractivity contribution is -0.932. The van der Waals surface area contributed by atoms with Gasteiger partial charge < -0.3 is 21.7 Å². The lowest BCUT2D eigenvalue weighted by Crippen LogP contribution is -3.00. The molecule has 0 spiro atoms. The van der Waals surface area contributed by atoms with Gasteiger partial charge in [-0.25, -0.2) is 4.79 Å². The van der Waals surface area contributed by atoms with Crippen LogP contribution >= 0.6 is 0 Å². The van der Waals surface area contributed by atoms with Gasteiger partial charge in [0.1, 0.15) is 0 Å². The summed E-state index contributed by atoms with van der Waals surface area (Å²) < 4.78 is 6.04. The van der Waals surface area contributed by atoms with E-state index in [0.717, 1.165) is 11.0 Å². The zero-order chi connectivity index (χ0) is 16.8. The molecule has 0 aromatic carbocycles. The Balaban J connectivity index is 0. The van der Waals surface area contributed by atoms with Crippen LogP contribution in [0.25, 0.3) is 0 Å². The number of carbonyl (C=O) groups excluding carboxylic acids is 1. The number of ether oxygens (including phenoxy) is 1. The second-order valence-corrected chi connectivity index (χ2v) is 6.92. The molecule has 0 aromatic heterocycles. The van der Waals surface area contributed by atoms with E-state index in [1.165, 1.54) is 70.3 Å². The quantitative estimate of drug-likeness (QED) is 0.149. The van der Waals surface area contributed by atoms with Crippen LogP contribution in [0.4, 0.5) is 0 Å². The van der Waals surface area contributed by atoms with Gasteiger partial charge in [-0.05, 0) is 12.8 Å². The van der Waals surface area contributed by atoms with E-state index in [9.17, 15) is 4.79 Å². The van der Waals surface area contributed by atoms with E-state index < -0.39 is 0 Å². The lowest BCUT2D eigenvalue weighted by Gasteiger charge is -2.34. The van der Waals surface area contributed by atoms with Crippen LogP contribution < -0.4 is 17.0 Å². The standard InChI is InChI=1S/C19H38NO2.BrH/c1-6-8-9-10-11-12-13-14-15-16-17-20(4,5)18(3)22-19(21)7-2;/h7,18H,2,6,8-17H2,1,3-5H3;1H/q+1;/p-1. The number of halogens is 1. The number of hydrogen-bond donors (Lipinski definition) is 0. The van der Waals surface area contributed by atoms with Gasteiger partial charge in [0.25, 0.3) is 0 Å². The summed E-state index contributed by atoms with van der Waals surface area (Å²) in [5.41, 5.74) is 0. The van der Waals surface area contributed by atoms with Gasteiger partial charge in [-0.2, -0.15) is 0 Å². The van der Waals surface area contributed by atoms with E-state index >= 15 is 0 Å². The normalized spacial score (nSPS) is 12.3. The number of rotatable bonds is 14. The molecule has 1 atom stereocenters. The number of carbonyl (C=O) groups is 1. The van der Waals surface area contributed by atoms with Gasteiger partial charge in [0, 0.05) is 13.0 Å². The van der Waals surface area contributed by atoms with Crippen molar-refractivity contribution in [2.45, 2.75) is 84.3 Å². The van der Waals surface area contributed by atoms with Crippen LogP contribution in [0.3, 0.4) is 0 Å². The van der Waals surface area contributed by atoms with Gasteiger partial charge in [-0.1, -0.05) is 64.9 Å². The maximum absolute atomic E-state index is 11.3. The van der Waals surface area contributed by atoms with E-state index in [1.54, 1.807) is 0 Å². The van der Waals surface area contributed by atoms with Gasteiger partial charge in [-0.15, -0.1) is 0 Å². The molecule has 0 rings (SSSR count). The Morgan fingerprint density at radius 1 is 1.00 bits per heavy atom. The molecule has 0 bridgehead atoms. The fourth-order valence-electron chi connectivity index (χ4n) is 2.55. The highest BCUT2D eigenvalue weighted by Gasteiger charge is 2.25. The molecule has 0 amide bonds. The van der Waals surface area contributed by atoms with Crippen molar-refractivity contribution in [3.8, 4) is 0 Å². The van der Waals surface area contributed by atoms with Crippen molar-refractivity contribution in [1.29, 1.82) is 0 Å². The van der Waals surface area contributed by atoms with E-state index in [1.807, 2.05) is 6.92 Å². The Morgan fingerprint density at radius 2 is 1.43 bits per heavy atom. The summed E-state index contributed by atoms with van der Waals surface area (Å²) in [6, 6.07) is 0. The average molecular weight is 392 g/mol. The first-order valence-corrected chi connectivity index (χ1v) is 9.09. The van der Waals surface area contributed by atoms with Crippen LogP contribution in [0.1, 0.15) is 78.1 Å². The Hall–Kier alpha value is -0.350. The first-order chi connectivity index (χ1) is 10.4. The minimum Gasteiger partial charge on any atom is -1.00 e. The molecule has 3 nitrogen and oxygen atoms in total. The molecule has 23 heavy (non-hydrogen) atoms. The Labute approximate surface area is 154 Å². The van der Waals surface area contributed by atoms with Crippen molar-refractivity contribution in [1.82, 2.24) is 0 Å². The molecule has 0 aliphatic carbocycles. The molecule has 0 saturated heterocycles. The van der Waals surface area contributed by atoms with Crippen LogP contribution in [0.5, 0.6) is 0 Å². The number of quaternary nitrogens is 1. The minimum absolute atomic E-state index is 0. The van der Waals surface area contributed by atoms with Crippen LogP contribution in [-0.2, 0) is 9.53 Å². The number of hydrogen-bond acceptors (Lipinski definition) is 2. The SMILES string of the molecule is C=CC(=O)OC(C)[N+](C)(C)CCCCCCCCCCCC.[Br-]. The second kappa shape index (κ2) is 15.2. The molecule has 0 aromatic rings. The zero-order valence-electron chi connectivity index (χ0n) is 15.8. The number of nitrogens with zero attached hydrogens (tertiary/aromatic N) is 1. The summed E-state index contributed by atoms with van der Waals surface area (Å²) in [7, 11) is 4.24. The summed E-state index contributed by atoms with van der Waals surface area (Å²) in [4.78, 5) is 11.3. The Bertz CT molecular complexity index is 306. The second-order valence-electron chi connectivity index (χ2n) is 6.92. The van der Waals surface area contributed by atoms with Crippen molar-refractivity contribution >= 4 is 5.97 Å². The van der Waals surface area contributed by atoms with Gasteiger partial charge >= 0.3 is 5.97 Å². The summed E-state index contributed by atoms with van der Waals surface area (Å²) >= 11 is 0. The molecule has 0 aliphatic heterocycles. The predicted molar refractivity (Wildman–Crippen MR) is 94.6 cm³/mol. The Morgan fingerprint density at radius 3 is 1.87 bits per heavy atom. The third-order valence-corrected chi connectivity index (χ3v) is 4.53. The first-order valence-electron chi connectivity index (χ1n) is 9.09. The Kier molecular flexibility index (Phi) is 16.4. The van der Waals surface area contributed by atoms with Crippen molar-refractivity contribution in [3.63, 3.8) is 0 Å². The topological polar surface area (TPSA) is 26.3 Å². The van der Waals surface area contributed by atoms with Gasteiger partial charge in [0.15, 0.2) is 0 Å². The lowest BCUT2D eigenvalue weighted by atomic mass is 10.1. The largest absolute Gasteiger partial charge is 1.00 e. The fourth-order valence-corrected chi connectivity index (χ4v) is 2.55. The molecule has 0 aliphatic rings. The number of unbranched alkanes of at least 4 members (excludes halogenated alkanes) is 9. The highest BCUT2D eigenvalue weighted by Crippen LogP contribution is 2.14. The van der Waals surface area contributed by atoms with Crippen molar-refractivity contribution in [3.05, 3.63) is 12.7 Å². The molecular formula is C19H38BrNO2. The minimum atomic E-state index is -0.332. The molecule has 0 saturated carbocycles. The summed E-state index contributed by atoms with van der Waals surface area (Å²) in [5, 5.41) is 0. The van der Waals surface area contributed by atoms with Gasteiger partial charge in [0.05, 0.1) is 20.6 Å². The maximum Gasteiger partial charge on any atom is 0.334 e. The van der Waals surface area contributed by atoms with E-state index in [-0.39, 0.29) is 29.2 Å². The van der Waals surface area contributed by atoms with E-state index in [4.69, 9.17) is 4.74 Å². The molecule has 0 heterocycles. The molecule has 1 unspecified atom stereocenters.